The number of nitrogens with zero attached hydrogens (tertiary/aromatic N) is 6. The first kappa shape index (κ1) is 23.6. The van der Waals surface area contributed by atoms with Crippen molar-refractivity contribution in [2.45, 2.75) is 0 Å². The largest absolute Gasteiger partial charge is 0.340 e. The van der Waals surface area contributed by atoms with Crippen LogP contribution < -0.4 is 10.6 Å². The number of aromatic amines is 1. The normalized spacial score (nSPS) is 11.0. The molecule has 3 N–H and O–H groups in total. The fraction of sp³-hybridized carbons (Fsp3) is 0.0714. The molecule has 0 bridgehead atoms. The SMILES string of the molecule is Cn1c(C(=O)Nc2cccc3cc(C(=O)Nc4ccc(C#N)cc4-c4nnn[nH]4)n(C)c23)cc2ccccc21. The van der Waals surface area contributed by atoms with Crippen LogP contribution in [0, 0.1) is 11.3 Å². The van der Waals surface area contributed by atoms with Crippen molar-refractivity contribution >= 4 is 45.0 Å². The molecule has 6 rings (SSSR count). The first-order valence-corrected chi connectivity index (χ1v) is 12.0. The number of fused-ring (bicyclic) bond motifs is 2. The number of amides is 2. The number of benzene rings is 3. The van der Waals surface area contributed by atoms with E-state index in [9.17, 15) is 14.9 Å². The van der Waals surface area contributed by atoms with Crippen molar-refractivity contribution in [2.75, 3.05) is 10.6 Å². The minimum absolute atomic E-state index is 0.253. The molecule has 0 aliphatic rings. The van der Waals surface area contributed by atoms with Gasteiger partial charge in [0.1, 0.15) is 11.4 Å². The van der Waals surface area contributed by atoms with Crippen molar-refractivity contribution in [2.24, 2.45) is 14.1 Å². The third-order valence-electron chi connectivity index (χ3n) is 6.72. The Balaban J connectivity index is 1.33. The van der Waals surface area contributed by atoms with Crippen LogP contribution in [0.2, 0.25) is 0 Å². The third-order valence-corrected chi connectivity index (χ3v) is 6.72. The number of H-pyrrole nitrogens is 1. The molecule has 0 saturated heterocycles. The number of para-hydroxylation sites is 2. The number of rotatable bonds is 5. The molecule has 190 valence electrons. The van der Waals surface area contributed by atoms with Crippen LogP contribution >= 0.6 is 0 Å². The van der Waals surface area contributed by atoms with Crippen LogP contribution in [0.5, 0.6) is 0 Å². The molecular weight excluding hydrogens is 494 g/mol. The van der Waals surface area contributed by atoms with E-state index in [-0.39, 0.29) is 11.8 Å². The zero-order chi connectivity index (χ0) is 27.1. The summed E-state index contributed by atoms with van der Waals surface area (Å²) in [6.45, 7) is 0. The molecule has 0 fully saturated rings. The van der Waals surface area contributed by atoms with Gasteiger partial charge in [0.05, 0.1) is 28.5 Å². The molecule has 2 amide bonds. The maximum Gasteiger partial charge on any atom is 0.272 e. The second kappa shape index (κ2) is 9.28. The van der Waals surface area contributed by atoms with Crippen molar-refractivity contribution in [1.29, 1.82) is 5.26 Å². The molecule has 0 aliphatic carbocycles. The topological polar surface area (TPSA) is 146 Å². The Morgan fingerprint density at radius 3 is 2.31 bits per heavy atom. The summed E-state index contributed by atoms with van der Waals surface area (Å²) in [6.07, 6.45) is 0. The van der Waals surface area contributed by atoms with Gasteiger partial charge < -0.3 is 19.8 Å². The Bertz CT molecular complexity index is 1940. The Morgan fingerprint density at radius 1 is 0.846 bits per heavy atom. The number of nitrogens with one attached hydrogen (secondary N) is 3. The van der Waals surface area contributed by atoms with Crippen LogP contribution in [0.1, 0.15) is 26.5 Å². The van der Waals surface area contributed by atoms with Gasteiger partial charge in [0, 0.05) is 35.9 Å². The summed E-state index contributed by atoms with van der Waals surface area (Å²) in [6, 6.07) is 23.8. The summed E-state index contributed by atoms with van der Waals surface area (Å²) in [4.78, 5) is 26.7. The van der Waals surface area contributed by atoms with Gasteiger partial charge in [-0.15, -0.1) is 5.10 Å². The first-order chi connectivity index (χ1) is 18.9. The van der Waals surface area contributed by atoms with Gasteiger partial charge in [0.15, 0.2) is 5.82 Å². The number of aromatic nitrogens is 6. The summed E-state index contributed by atoms with van der Waals surface area (Å²) in [5, 5.41) is 30.8. The van der Waals surface area contributed by atoms with Crippen molar-refractivity contribution < 1.29 is 9.59 Å². The summed E-state index contributed by atoms with van der Waals surface area (Å²) in [7, 11) is 3.62. The molecule has 0 radical (unpaired) electrons. The monoisotopic (exact) mass is 515 g/mol. The molecular formula is C28H21N9O2. The average Bonchev–Trinajstić information content (AvgIpc) is 3.68. The number of tetrazole rings is 1. The van der Waals surface area contributed by atoms with Crippen LogP contribution in [-0.2, 0) is 14.1 Å². The number of anilines is 2. The number of carbonyl (C=O) groups is 2. The highest BCUT2D eigenvalue weighted by Gasteiger charge is 2.20. The van der Waals surface area contributed by atoms with Gasteiger partial charge in [-0.2, -0.15) is 5.26 Å². The van der Waals surface area contributed by atoms with Crippen LogP contribution in [-0.4, -0.2) is 41.6 Å². The lowest BCUT2D eigenvalue weighted by Gasteiger charge is -2.12. The van der Waals surface area contributed by atoms with E-state index in [4.69, 9.17) is 0 Å². The third kappa shape index (κ3) is 4.06. The lowest BCUT2D eigenvalue weighted by molar-refractivity contribution is 0.101. The molecule has 6 aromatic rings. The summed E-state index contributed by atoms with van der Waals surface area (Å²) in [5.74, 6) is -0.313. The smallest absolute Gasteiger partial charge is 0.272 e. The van der Waals surface area contributed by atoms with Crippen molar-refractivity contribution in [3.05, 3.63) is 89.7 Å². The predicted molar refractivity (Wildman–Crippen MR) is 146 cm³/mol. The van der Waals surface area contributed by atoms with Gasteiger partial charge in [-0.05, 0) is 52.9 Å². The Labute approximate surface area is 221 Å². The molecule has 11 heteroatoms. The quantitative estimate of drug-likeness (QED) is 0.313. The van der Waals surface area contributed by atoms with Crippen LogP contribution in [0.25, 0.3) is 33.2 Å². The van der Waals surface area contributed by atoms with Gasteiger partial charge >= 0.3 is 0 Å². The van der Waals surface area contributed by atoms with Crippen molar-refractivity contribution in [3.8, 4) is 17.5 Å². The maximum atomic E-state index is 13.4. The zero-order valence-corrected chi connectivity index (χ0v) is 20.9. The Kier molecular flexibility index (Phi) is 5.62. The number of nitriles is 1. The summed E-state index contributed by atoms with van der Waals surface area (Å²) in [5.41, 5.74) is 4.46. The van der Waals surface area contributed by atoms with Crippen LogP contribution in [0.3, 0.4) is 0 Å². The number of hydrogen-bond donors (Lipinski definition) is 3. The molecule has 0 aliphatic heterocycles. The van der Waals surface area contributed by atoms with E-state index in [1.807, 2.05) is 54.1 Å². The molecule has 39 heavy (non-hydrogen) atoms. The van der Waals surface area contributed by atoms with E-state index >= 15 is 0 Å². The predicted octanol–water partition coefficient (Wildman–Crippen LogP) is 4.23. The van der Waals surface area contributed by atoms with E-state index in [0.717, 1.165) is 16.3 Å². The Hall–Kier alpha value is -5.76. The zero-order valence-electron chi connectivity index (χ0n) is 20.9. The number of aryl methyl sites for hydroxylation is 2. The molecule has 0 unspecified atom stereocenters. The van der Waals surface area contributed by atoms with E-state index in [1.165, 1.54) is 0 Å². The standard InChI is InChI=1S/C28H21N9O2/c1-36-22-9-4-3-6-17(22)13-23(36)27(38)31-21-8-5-7-18-14-24(37(2)25(18)21)28(39)30-20-11-10-16(15-29)12-19(20)26-32-34-35-33-26/h3-14H,1-2H3,(H,30,39)(H,31,38)(H,32,33,34,35). The fourth-order valence-corrected chi connectivity index (χ4v) is 4.81. The molecule has 3 heterocycles. The number of hydrogen-bond acceptors (Lipinski definition) is 6. The highest BCUT2D eigenvalue weighted by molar-refractivity contribution is 6.12. The maximum absolute atomic E-state index is 13.4. The average molecular weight is 516 g/mol. The minimum atomic E-state index is -0.377. The van der Waals surface area contributed by atoms with Gasteiger partial charge in [-0.25, -0.2) is 5.10 Å². The number of carbonyl (C=O) groups excluding carboxylic acids is 2. The van der Waals surface area contributed by atoms with Crippen LogP contribution in [0.4, 0.5) is 11.4 Å². The van der Waals surface area contributed by atoms with E-state index in [2.05, 4.69) is 37.3 Å². The van der Waals surface area contributed by atoms with Gasteiger partial charge in [0.25, 0.3) is 11.8 Å². The molecule has 0 saturated carbocycles. The van der Waals surface area contributed by atoms with Gasteiger partial charge in [-0.3, -0.25) is 9.59 Å². The molecule has 3 aromatic carbocycles. The fourth-order valence-electron chi connectivity index (χ4n) is 4.81. The van der Waals surface area contributed by atoms with E-state index in [1.54, 1.807) is 41.9 Å². The van der Waals surface area contributed by atoms with Crippen molar-refractivity contribution in [3.63, 3.8) is 0 Å². The summed E-state index contributed by atoms with van der Waals surface area (Å²) < 4.78 is 3.59. The minimum Gasteiger partial charge on any atom is -0.340 e. The van der Waals surface area contributed by atoms with E-state index in [0.29, 0.717) is 45.2 Å². The van der Waals surface area contributed by atoms with Crippen LogP contribution in [0.15, 0.2) is 72.8 Å². The lowest BCUT2D eigenvalue weighted by atomic mass is 10.1. The Morgan fingerprint density at radius 2 is 1.56 bits per heavy atom. The van der Waals surface area contributed by atoms with Crippen molar-refractivity contribution in [1.82, 2.24) is 29.8 Å². The van der Waals surface area contributed by atoms with Gasteiger partial charge in [-0.1, -0.05) is 30.3 Å². The molecule has 0 atom stereocenters. The lowest BCUT2D eigenvalue weighted by Crippen LogP contribution is -2.18. The highest BCUT2D eigenvalue weighted by atomic mass is 16.2. The highest BCUT2D eigenvalue weighted by Crippen LogP contribution is 2.30. The second-order valence-corrected chi connectivity index (χ2v) is 9.01. The summed E-state index contributed by atoms with van der Waals surface area (Å²) >= 11 is 0. The molecule has 0 spiro atoms. The second-order valence-electron chi connectivity index (χ2n) is 9.01. The molecule has 3 aromatic heterocycles. The van der Waals surface area contributed by atoms with Gasteiger partial charge in [0.2, 0.25) is 0 Å². The molecule has 11 nitrogen and oxygen atoms in total. The van der Waals surface area contributed by atoms with E-state index < -0.39 is 0 Å². The first-order valence-electron chi connectivity index (χ1n) is 12.0.